The van der Waals surface area contributed by atoms with Gasteiger partial charge in [-0.15, -0.1) is 0 Å². The molecule has 0 aliphatic heterocycles. The number of fused-ring (bicyclic) bond motifs is 3. The van der Waals surface area contributed by atoms with Crippen molar-refractivity contribution in [3.05, 3.63) is 23.3 Å². The number of carbonyl (C=O) groups is 4. The maximum Gasteiger partial charge on any atom is 0.330 e. The van der Waals surface area contributed by atoms with Crippen molar-refractivity contribution < 1.29 is 29.4 Å². The van der Waals surface area contributed by atoms with E-state index in [1.54, 1.807) is 26.0 Å². The van der Waals surface area contributed by atoms with Crippen molar-refractivity contribution in [2.75, 3.05) is 0 Å². The number of hydrogen-bond donors (Lipinski definition) is 2. The highest BCUT2D eigenvalue weighted by atomic mass is 16.4. The topological polar surface area (TPSA) is 109 Å². The molecule has 2 N–H and O–H groups in total. The van der Waals surface area contributed by atoms with E-state index in [9.17, 15) is 24.3 Å². The van der Waals surface area contributed by atoms with Gasteiger partial charge in [-0.1, -0.05) is 40.7 Å². The molecule has 0 aromatic carbocycles. The minimum Gasteiger partial charge on any atom is -0.478 e. The lowest BCUT2D eigenvalue weighted by atomic mass is 9.40. The number of hydrogen-bond acceptors (Lipinski definition) is 5. The molecule has 0 amide bonds. The molecule has 6 atom stereocenters. The van der Waals surface area contributed by atoms with Gasteiger partial charge in [0, 0.05) is 46.5 Å². The summed E-state index contributed by atoms with van der Waals surface area (Å²) in [7, 11) is 0. The molecular formula is C30H44O6. The van der Waals surface area contributed by atoms with Crippen LogP contribution in [0.3, 0.4) is 0 Å². The smallest absolute Gasteiger partial charge is 0.330 e. The second-order valence-electron chi connectivity index (χ2n) is 12.8. The second-order valence-corrected chi connectivity index (χ2v) is 12.8. The molecule has 200 valence electrons. The predicted molar refractivity (Wildman–Crippen MR) is 138 cm³/mol. The Morgan fingerprint density at radius 2 is 1.75 bits per heavy atom. The van der Waals surface area contributed by atoms with Gasteiger partial charge in [-0.2, -0.15) is 0 Å². The van der Waals surface area contributed by atoms with Crippen LogP contribution in [0.5, 0.6) is 0 Å². The first-order valence-electron chi connectivity index (χ1n) is 13.4. The zero-order chi connectivity index (χ0) is 27.3. The highest BCUT2D eigenvalue weighted by molar-refractivity contribution is 6.01. The highest BCUT2D eigenvalue weighted by Gasteiger charge is 2.68. The summed E-state index contributed by atoms with van der Waals surface area (Å²) in [6.45, 7) is 13.2. The van der Waals surface area contributed by atoms with E-state index in [4.69, 9.17) is 5.11 Å². The van der Waals surface area contributed by atoms with E-state index in [-0.39, 0.29) is 47.1 Å². The molecule has 3 aliphatic rings. The SMILES string of the molecule is CC1=C[C@]2(O)[C@@H](CC[C@H]3C(C)(C)C(=O)CC[C@@]32C)[C@@](C)(CCC(=O)[C@H](C)CC/C=C(\C)C(=O)O)C1=O. The number of ketones is 3. The van der Waals surface area contributed by atoms with E-state index >= 15 is 0 Å². The van der Waals surface area contributed by atoms with Gasteiger partial charge in [-0.25, -0.2) is 4.79 Å². The molecule has 36 heavy (non-hydrogen) atoms. The number of aliphatic carboxylic acids is 1. The van der Waals surface area contributed by atoms with Crippen molar-refractivity contribution >= 4 is 23.3 Å². The van der Waals surface area contributed by atoms with Crippen LogP contribution in [-0.4, -0.2) is 39.1 Å². The molecular weight excluding hydrogens is 456 g/mol. The molecule has 0 heterocycles. The number of carbonyl (C=O) groups excluding carboxylic acids is 3. The van der Waals surface area contributed by atoms with E-state index in [1.165, 1.54) is 0 Å². The van der Waals surface area contributed by atoms with E-state index in [0.29, 0.717) is 44.1 Å². The van der Waals surface area contributed by atoms with Crippen molar-refractivity contribution in [2.24, 2.45) is 34.0 Å². The summed E-state index contributed by atoms with van der Waals surface area (Å²) < 4.78 is 0. The second kappa shape index (κ2) is 9.66. The van der Waals surface area contributed by atoms with Gasteiger partial charge in [0.05, 0.1) is 5.60 Å². The third-order valence-electron chi connectivity index (χ3n) is 10.3. The molecule has 3 rings (SSSR count). The lowest BCUT2D eigenvalue weighted by Gasteiger charge is -2.65. The van der Waals surface area contributed by atoms with Gasteiger partial charge in [0.15, 0.2) is 5.78 Å². The van der Waals surface area contributed by atoms with Crippen molar-refractivity contribution in [1.29, 1.82) is 0 Å². The Hall–Kier alpha value is -2.08. The fraction of sp³-hybridized carbons (Fsp3) is 0.733. The molecule has 0 unspecified atom stereocenters. The molecule has 6 heteroatoms. The van der Waals surface area contributed by atoms with Crippen LogP contribution < -0.4 is 0 Å². The van der Waals surface area contributed by atoms with Crippen LogP contribution in [-0.2, 0) is 19.2 Å². The van der Waals surface area contributed by atoms with Gasteiger partial charge < -0.3 is 10.2 Å². The lowest BCUT2D eigenvalue weighted by Crippen LogP contribution is -2.68. The van der Waals surface area contributed by atoms with Crippen LogP contribution in [0.4, 0.5) is 0 Å². The Morgan fingerprint density at radius 3 is 2.36 bits per heavy atom. The predicted octanol–water partition coefficient (Wildman–Crippen LogP) is 5.47. The van der Waals surface area contributed by atoms with E-state index in [1.807, 2.05) is 27.7 Å². The Morgan fingerprint density at radius 1 is 1.14 bits per heavy atom. The molecule has 0 radical (unpaired) electrons. The molecule has 0 saturated heterocycles. The summed E-state index contributed by atoms with van der Waals surface area (Å²) >= 11 is 0. The fourth-order valence-corrected chi connectivity index (χ4v) is 7.76. The Bertz CT molecular complexity index is 1020. The first-order chi connectivity index (χ1) is 16.5. The summed E-state index contributed by atoms with van der Waals surface area (Å²) in [5.41, 5.74) is -2.30. The number of allylic oxidation sites excluding steroid dienone is 2. The standard InChI is InChI=1S/C30H44O6/c1-18(9-8-10-19(2)26(34)35)21(31)13-15-28(6)23-12-11-22-27(4,5)24(32)14-16-29(22,7)30(23,36)17-20(3)25(28)33/h10,17-18,22-23,36H,8-9,11-16H2,1-7H3,(H,34,35)/b19-10+/t18-,22+,23+,28-,29+,30+/m1/s1. The third-order valence-corrected chi connectivity index (χ3v) is 10.3. The Labute approximate surface area is 215 Å². The number of carboxylic acid groups (broad SMARTS) is 1. The molecule has 6 nitrogen and oxygen atoms in total. The number of rotatable bonds is 8. The molecule has 2 fully saturated rings. The summed E-state index contributed by atoms with van der Waals surface area (Å²) in [6.07, 6.45) is 7.56. The van der Waals surface area contributed by atoms with Gasteiger partial charge in [-0.3, -0.25) is 14.4 Å². The quantitative estimate of drug-likeness (QED) is 0.428. The van der Waals surface area contributed by atoms with Gasteiger partial charge in [0.2, 0.25) is 0 Å². The van der Waals surface area contributed by atoms with Crippen molar-refractivity contribution in [3.8, 4) is 0 Å². The van der Waals surface area contributed by atoms with Crippen molar-refractivity contribution in [2.45, 2.75) is 105 Å². The minimum absolute atomic E-state index is 0.00541. The van der Waals surface area contributed by atoms with Crippen LogP contribution in [0.15, 0.2) is 23.3 Å². The third kappa shape index (κ3) is 4.44. The van der Waals surface area contributed by atoms with E-state index < -0.39 is 27.8 Å². The largest absolute Gasteiger partial charge is 0.478 e. The number of aliphatic hydroxyl groups is 1. The van der Waals surface area contributed by atoms with Crippen molar-refractivity contribution in [1.82, 2.24) is 0 Å². The van der Waals surface area contributed by atoms with Gasteiger partial charge >= 0.3 is 5.97 Å². The summed E-state index contributed by atoms with van der Waals surface area (Å²) in [4.78, 5) is 50.3. The fourth-order valence-electron chi connectivity index (χ4n) is 7.76. The summed E-state index contributed by atoms with van der Waals surface area (Å²) in [5, 5.41) is 21.4. The average Bonchev–Trinajstić information content (AvgIpc) is 2.79. The first kappa shape index (κ1) is 28.5. The summed E-state index contributed by atoms with van der Waals surface area (Å²) in [5.74, 6) is -1.16. The monoisotopic (exact) mass is 500 g/mol. The zero-order valence-electron chi connectivity index (χ0n) is 23.1. The van der Waals surface area contributed by atoms with Gasteiger partial charge in [-0.05, 0) is 69.9 Å². The minimum atomic E-state index is -1.21. The normalized spacial score (nSPS) is 37.0. The van der Waals surface area contributed by atoms with Crippen LogP contribution in [0.2, 0.25) is 0 Å². The lowest BCUT2D eigenvalue weighted by molar-refractivity contribution is -0.211. The molecule has 0 spiro atoms. The molecule has 2 saturated carbocycles. The molecule has 0 aromatic rings. The molecule has 3 aliphatic carbocycles. The van der Waals surface area contributed by atoms with Crippen LogP contribution in [0.25, 0.3) is 0 Å². The average molecular weight is 501 g/mol. The Kier molecular flexibility index (Phi) is 7.65. The molecule has 0 aromatic heterocycles. The van der Waals surface area contributed by atoms with Gasteiger partial charge in [0.1, 0.15) is 11.6 Å². The Balaban J connectivity index is 1.83. The first-order valence-corrected chi connectivity index (χ1v) is 13.4. The van der Waals surface area contributed by atoms with Crippen molar-refractivity contribution in [3.63, 3.8) is 0 Å². The van der Waals surface area contributed by atoms with Crippen LogP contribution >= 0.6 is 0 Å². The summed E-state index contributed by atoms with van der Waals surface area (Å²) in [6, 6.07) is 0. The maximum absolute atomic E-state index is 13.6. The zero-order valence-corrected chi connectivity index (χ0v) is 23.1. The van der Waals surface area contributed by atoms with E-state index in [0.717, 1.165) is 6.42 Å². The van der Waals surface area contributed by atoms with Gasteiger partial charge in [0.25, 0.3) is 0 Å². The molecule has 0 bridgehead atoms. The van der Waals surface area contributed by atoms with Crippen LogP contribution in [0, 0.1) is 34.0 Å². The maximum atomic E-state index is 13.6. The highest BCUT2D eigenvalue weighted by Crippen LogP contribution is 2.66. The number of Topliss-reactive ketones (excluding diaryl/α,β-unsaturated/α-hetero) is 3. The van der Waals surface area contributed by atoms with E-state index in [2.05, 4.69) is 6.92 Å². The number of carboxylic acids is 1. The van der Waals surface area contributed by atoms with Crippen LogP contribution in [0.1, 0.15) is 99.8 Å².